The highest BCUT2D eigenvalue weighted by Gasteiger charge is 2.38. The number of unbranched alkanes of at least 4 members (excludes halogenated alkanes) is 2. The summed E-state index contributed by atoms with van der Waals surface area (Å²) in [5.41, 5.74) is 1.20. The molecule has 2 amide bonds. The fourth-order valence-corrected chi connectivity index (χ4v) is 3.89. The van der Waals surface area contributed by atoms with Crippen LogP contribution in [-0.2, 0) is 19.7 Å². The van der Waals surface area contributed by atoms with Crippen LogP contribution in [0, 0.1) is 0 Å². The number of hydrogen-bond donors (Lipinski definition) is 2. The first-order valence-corrected chi connectivity index (χ1v) is 11.5. The molecule has 0 aliphatic rings. The van der Waals surface area contributed by atoms with E-state index in [0.29, 0.717) is 28.9 Å². The molecule has 0 saturated heterocycles. The van der Waals surface area contributed by atoms with Gasteiger partial charge in [-0.15, -0.1) is 0 Å². The fourth-order valence-electron chi connectivity index (χ4n) is 3.20. The van der Waals surface area contributed by atoms with Crippen molar-refractivity contribution in [2.45, 2.75) is 38.6 Å². The molecular weight excluding hydrogens is 422 g/mol. The van der Waals surface area contributed by atoms with Crippen molar-refractivity contribution in [3.8, 4) is 11.1 Å². The number of aliphatic carboxylic acids is 1. The number of carboxylic acids is 1. The maximum atomic E-state index is 13.4. The Morgan fingerprint density at radius 1 is 0.968 bits per heavy atom. The molecule has 0 aromatic heterocycles. The third-order valence-corrected chi connectivity index (χ3v) is 5.43. The van der Waals surface area contributed by atoms with E-state index in [1.807, 2.05) is 6.92 Å². The quantitative estimate of drug-likeness (QED) is 0.422. The summed E-state index contributed by atoms with van der Waals surface area (Å²) in [6, 6.07) is 13.1. The van der Waals surface area contributed by atoms with Crippen LogP contribution in [0.3, 0.4) is 0 Å². The Morgan fingerprint density at radius 2 is 1.58 bits per heavy atom. The van der Waals surface area contributed by atoms with E-state index in [4.69, 9.17) is 0 Å². The van der Waals surface area contributed by atoms with Crippen molar-refractivity contribution in [1.29, 1.82) is 0 Å². The van der Waals surface area contributed by atoms with E-state index in [2.05, 4.69) is 0 Å². The van der Waals surface area contributed by atoms with E-state index in [1.165, 1.54) is 6.07 Å². The lowest BCUT2D eigenvalue weighted by atomic mass is 9.98. The van der Waals surface area contributed by atoms with Gasteiger partial charge in [0.25, 0.3) is 16.0 Å². The fraction of sp³-hybridized carbons (Fsp3) is 0.318. The lowest BCUT2D eigenvalue weighted by Gasteiger charge is -2.27. The van der Waals surface area contributed by atoms with Crippen molar-refractivity contribution in [2.75, 3.05) is 5.75 Å². The monoisotopic (exact) mass is 447 g/mol. The average molecular weight is 448 g/mol. The molecule has 0 bridgehead atoms. The van der Waals surface area contributed by atoms with Gasteiger partial charge in [0.15, 0.2) is 6.04 Å². The Balaban J connectivity index is 2.55. The smallest absolute Gasteiger partial charge is 0.328 e. The largest absolute Gasteiger partial charge is 0.480 e. The first kappa shape index (κ1) is 24.2. The lowest BCUT2D eigenvalue weighted by molar-refractivity contribution is -0.147. The minimum Gasteiger partial charge on any atom is -0.480 e. The summed E-state index contributed by atoms with van der Waals surface area (Å²) < 4.78 is 32.1. The first-order valence-electron chi connectivity index (χ1n) is 9.84. The Kier molecular flexibility index (Phi) is 8.47. The number of imide groups is 1. The second kappa shape index (κ2) is 10.8. The van der Waals surface area contributed by atoms with E-state index in [0.717, 1.165) is 6.42 Å². The summed E-state index contributed by atoms with van der Waals surface area (Å²) in [7, 11) is -4.78. The van der Waals surface area contributed by atoms with Gasteiger partial charge in [-0.2, -0.15) is 8.42 Å². The SMILES string of the molecule is CCCCCC(=O)N(C(=O)c1ccccc1-c1ccccc1)[C@@H](CS(=O)(=O)O)C(=O)O. The van der Waals surface area contributed by atoms with E-state index in [9.17, 15) is 32.5 Å². The molecule has 0 fully saturated rings. The van der Waals surface area contributed by atoms with Gasteiger partial charge in [-0.1, -0.05) is 68.3 Å². The zero-order chi connectivity index (χ0) is 23.0. The predicted octanol–water partition coefficient (Wildman–Crippen LogP) is 3.24. The molecule has 2 aromatic carbocycles. The molecule has 0 heterocycles. The Morgan fingerprint density at radius 3 is 2.16 bits per heavy atom. The molecule has 0 aliphatic heterocycles. The average Bonchev–Trinajstić information content (AvgIpc) is 2.73. The van der Waals surface area contributed by atoms with Crippen LogP contribution < -0.4 is 0 Å². The molecule has 2 aromatic rings. The minimum absolute atomic E-state index is 0.0547. The molecular formula is C22H25NO7S. The summed E-state index contributed by atoms with van der Waals surface area (Å²) in [5, 5.41) is 9.59. The predicted molar refractivity (Wildman–Crippen MR) is 115 cm³/mol. The van der Waals surface area contributed by atoms with Gasteiger partial charge in [-0.05, 0) is 23.6 Å². The summed E-state index contributed by atoms with van der Waals surface area (Å²) >= 11 is 0. The number of amides is 2. The lowest BCUT2D eigenvalue weighted by Crippen LogP contribution is -2.52. The molecule has 0 unspecified atom stereocenters. The molecule has 166 valence electrons. The minimum atomic E-state index is -4.78. The summed E-state index contributed by atoms with van der Waals surface area (Å²) in [6.07, 6.45) is 1.77. The number of carbonyl (C=O) groups is 3. The van der Waals surface area contributed by atoms with Crippen molar-refractivity contribution in [3.63, 3.8) is 0 Å². The van der Waals surface area contributed by atoms with Gasteiger partial charge < -0.3 is 5.11 Å². The third kappa shape index (κ3) is 6.73. The number of benzene rings is 2. The van der Waals surface area contributed by atoms with Crippen LogP contribution in [0.2, 0.25) is 0 Å². The Bertz CT molecular complexity index is 1030. The van der Waals surface area contributed by atoms with Crippen LogP contribution in [0.4, 0.5) is 0 Å². The molecule has 0 aliphatic carbocycles. The topological polar surface area (TPSA) is 129 Å². The highest BCUT2D eigenvalue weighted by molar-refractivity contribution is 7.85. The van der Waals surface area contributed by atoms with Crippen LogP contribution in [0.1, 0.15) is 43.0 Å². The summed E-state index contributed by atoms with van der Waals surface area (Å²) in [6.45, 7) is 1.92. The second-order valence-electron chi connectivity index (χ2n) is 7.04. The highest BCUT2D eigenvalue weighted by atomic mass is 32.2. The molecule has 1 atom stereocenters. The van der Waals surface area contributed by atoms with Gasteiger partial charge >= 0.3 is 5.97 Å². The molecule has 2 rings (SSSR count). The molecule has 0 saturated carbocycles. The normalized spacial score (nSPS) is 12.2. The number of carbonyl (C=O) groups excluding carboxylic acids is 2. The van der Waals surface area contributed by atoms with E-state index in [1.54, 1.807) is 48.5 Å². The van der Waals surface area contributed by atoms with E-state index >= 15 is 0 Å². The standard InChI is InChI=1S/C22H25NO7S/c1-2-3-5-14-20(24)23(19(22(26)27)15-31(28,29)30)21(25)18-13-9-8-12-17(18)16-10-6-4-7-11-16/h4,6-13,19H,2-3,5,14-15H2,1H3,(H,26,27)(H,28,29,30)/t19-/m0/s1. The van der Waals surface area contributed by atoms with Crippen LogP contribution >= 0.6 is 0 Å². The van der Waals surface area contributed by atoms with Crippen LogP contribution in [-0.4, -0.2) is 52.6 Å². The molecule has 8 nitrogen and oxygen atoms in total. The van der Waals surface area contributed by atoms with Crippen molar-refractivity contribution in [3.05, 3.63) is 60.2 Å². The van der Waals surface area contributed by atoms with Gasteiger partial charge in [0.2, 0.25) is 5.91 Å². The summed E-state index contributed by atoms with van der Waals surface area (Å²) in [5.74, 6) is -4.73. The van der Waals surface area contributed by atoms with Gasteiger partial charge in [0.05, 0.1) is 0 Å². The number of hydrogen-bond acceptors (Lipinski definition) is 5. The van der Waals surface area contributed by atoms with Crippen molar-refractivity contribution < 1.29 is 32.5 Å². The first-order chi connectivity index (χ1) is 14.7. The van der Waals surface area contributed by atoms with Gasteiger partial charge in [0.1, 0.15) is 5.75 Å². The number of rotatable bonds is 10. The Labute approximate surface area is 181 Å². The van der Waals surface area contributed by atoms with Gasteiger partial charge in [-0.25, -0.2) is 4.79 Å². The van der Waals surface area contributed by atoms with Crippen molar-refractivity contribution >= 4 is 27.9 Å². The van der Waals surface area contributed by atoms with Crippen LogP contribution in [0.15, 0.2) is 54.6 Å². The van der Waals surface area contributed by atoms with Crippen LogP contribution in [0.25, 0.3) is 11.1 Å². The number of carboxylic acid groups (broad SMARTS) is 1. The highest BCUT2D eigenvalue weighted by Crippen LogP contribution is 2.26. The van der Waals surface area contributed by atoms with Crippen LogP contribution in [0.5, 0.6) is 0 Å². The number of nitrogens with zero attached hydrogens (tertiary/aromatic N) is 1. The van der Waals surface area contributed by atoms with E-state index in [-0.39, 0.29) is 12.0 Å². The second-order valence-corrected chi connectivity index (χ2v) is 8.54. The maximum absolute atomic E-state index is 13.4. The Hall–Kier alpha value is -3.04. The maximum Gasteiger partial charge on any atom is 0.328 e. The molecule has 0 spiro atoms. The van der Waals surface area contributed by atoms with Gasteiger partial charge in [-0.3, -0.25) is 19.0 Å². The zero-order valence-electron chi connectivity index (χ0n) is 17.1. The third-order valence-electron chi connectivity index (χ3n) is 4.69. The molecule has 2 N–H and O–H groups in total. The van der Waals surface area contributed by atoms with Crippen molar-refractivity contribution in [1.82, 2.24) is 4.90 Å². The van der Waals surface area contributed by atoms with E-state index < -0.39 is 39.7 Å². The zero-order valence-corrected chi connectivity index (χ0v) is 17.9. The van der Waals surface area contributed by atoms with Crippen molar-refractivity contribution in [2.24, 2.45) is 0 Å². The van der Waals surface area contributed by atoms with Gasteiger partial charge in [0, 0.05) is 12.0 Å². The molecule has 31 heavy (non-hydrogen) atoms. The summed E-state index contributed by atoms with van der Waals surface area (Å²) in [4.78, 5) is 38.6. The molecule has 0 radical (unpaired) electrons. The molecule has 9 heteroatoms.